The first-order chi connectivity index (χ1) is 9.21. The third-order valence-electron chi connectivity index (χ3n) is 2.99. The lowest BCUT2D eigenvalue weighted by atomic mass is 10.1. The topological polar surface area (TPSA) is 73.4 Å². The average Bonchev–Trinajstić information content (AvgIpc) is 2.44. The van der Waals surface area contributed by atoms with E-state index in [1.807, 2.05) is 7.05 Å². The zero-order chi connectivity index (χ0) is 14.1. The van der Waals surface area contributed by atoms with Crippen LogP contribution in [0.1, 0.15) is 18.4 Å². The van der Waals surface area contributed by atoms with E-state index < -0.39 is 0 Å². The number of anilines is 1. The lowest BCUT2D eigenvalue weighted by molar-refractivity contribution is -0.118. The van der Waals surface area contributed by atoms with Crippen molar-refractivity contribution in [3.05, 3.63) is 29.8 Å². The van der Waals surface area contributed by atoms with Crippen LogP contribution in [0.5, 0.6) is 0 Å². The zero-order valence-corrected chi connectivity index (χ0v) is 11.6. The maximum atomic E-state index is 12.0. The van der Waals surface area contributed by atoms with E-state index in [4.69, 9.17) is 5.11 Å². The van der Waals surface area contributed by atoms with Crippen LogP contribution in [0.15, 0.2) is 24.3 Å². The van der Waals surface area contributed by atoms with E-state index in [0.29, 0.717) is 0 Å². The standard InChI is InChI=1S/C14H23N3O2/c1-15-9-3-4-13(16-2)14(19)17-12-7-5-11(10-18)6-8-12/h5-8,13,15-16,18H,3-4,9-10H2,1-2H3,(H,17,19). The van der Waals surface area contributed by atoms with Crippen molar-refractivity contribution in [2.24, 2.45) is 0 Å². The summed E-state index contributed by atoms with van der Waals surface area (Å²) in [4.78, 5) is 12.0. The molecule has 5 nitrogen and oxygen atoms in total. The predicted octanol–water partition coefficient (Wildman–Crippen LogP) is 0.705. The van der Waals surface area contributed by atoms with Crippen molar-refractivity contribution in [3.8, 4) is 0 Å². The minimum Gasteiger partial charge on any atom is -0.392 e. The van der Waals surface area contributed by atoms with Gasteiger partial charge in [-0.3, -0.25) is 4.79 Å². The Labute approximate surface area is 114 Å². The van der Waals surface area contributed by atoms with Crippen molar-refractivity contribution < 1.29 is 9.90 Å². The second-order valence-corrected chi connectivity index (χ2v) is 4.43. The van der Waals surface area contributed by atoms with Crippen molar-refractivity contribution in [2.45, 2.75) is 25.5 Å². The first kappa shape index (κ1) is 15.6. The highest BCUT2D eigenvalue weighted by Gasteiger charge is 2.15. The molecule has 0 bridgehead atoms. The van der Waals surface area contributed by atoms with Gasteiger partial charge in [0.1, 0.15) is 0 Å². The van der Waals surface area contributed by atoms with Gasteiger partial charge in [-0.1, -0.05) is 12.1 Å². The molecule has 1 rings (SSSR count). The summed E-state index contributed by atoms with van der Waals surface area (Å²) in [6.07, 6.45) is 1.73. The fraction of sp³-hybridized carbons (Fsp3) is 0.500. The summed E-state index contributed by atoms with van der Waals surface area (Å²) in [5, 5.41) is 17.9. The number of aliphatic hydroxyl groups excluding tert-OH is 1. The molecule has 1 atom stereocenters. The molecule has 1 aromatic carbocycles. The predicted molar refractivity (Wildman–Crippen MR) is 77.0 cm³/mol. The van der Waals surface area contributed by atoms with E-state index in [2.05, 4.69) is 16.0 Å². The molecular formula is C14H23N3O2. The Morgan fingerprint density at radius 1 is 1.26 bits per heavy atom. The summed E-state index contributed by atoms with van der Waals surface area (Å²) in [6.45, 7) is 0.911. The zero-order valence-electron chi connectivity index (χ0n) is 11.6. The molecule has 0 fully saturated rings. The summed E-state index contributed by atoms with van der Waals surface area (Å²) < 4.78 is 0. The molecule has 5 heteroatoms. The van der Waals surface area contributed by atoms with Gasteiger partial charge in [-0.25, -0.2) is 0 Å². The number of hydrogen-bond donors (Lipinski definition) is 4. The first-order valence-electron chi connectivity index (χ1n) is 6.53. The molecule has 0 saturated heterocycles. The summed E-state index contributed by atoms with van der Waals surface area (Å²) in [5.41, 5.74) is 1.58. The molecule has 0 saturated carbocycles. The maximum Gasteiger partial charge on any atom is 0.241 e. The molecule has 0 aliphatic heterocycles. The van der Waals surface area contributed by atoms with Gasteiger partial charge in [-0.15, -0.1) is 0 Å². The third-order valence-corrected chi connectivity index (χ3v) is 2.99. The van der Waals surface area contributed by atoms with Crippen molar-refractivity contribution in [1.82, 2.24) is 10.6 Å². The monoisotopic (exact) mass is 265 g/mol. The van der Waals surface area contributed by atoms with Crippen LogP contribution in [0.4, 0.5) is 5.69 Å². The smallest absolute Gasteiger partial charge is 0.241 e. The van der Waals surface area contributed by atoms with Gasteiger partial charge in [0.15, 0.2) is 0 Å². The molecule has 0 spiro atoms. The van der Waals surface area contributed by atoms with Gasteiger partial charge in [0, 0.05) is 5.69 Å². The van der Waals surface area contributed by atoms with Gasteiger partial charge in [0.25, 0.3) is 0 Å². The minimum atomic E-state index is -0.189. The van der Waals surface area contributed by atoms with Gasteiger partial charge >= 0.3 is 0 Å². The lowest BCUT2D eigenvalue weighted by Gasteiger charge is -2.16. The third kappa shape index (κ3) is 5.38. The van der Waals surface area contributed by atoms with Gasteiger partial charge in [-0.05, 0) is 51.2 Å². The molecule has 0 aliphatic carbocycles. The van der Waals surface area contributed by atoms with Gasteiger partial charge in [-0.2, -0.15) is 0 Å². The van der Waals surface area contributed by atoms with Crippen LogP contribution >= 0.6 is 0 Å². The molecule has 19 heavy (non-hydrogen) atoms. The molecular weight excluding hydrogens is 242 g/mol. The van der Waals surface area contributed by atoms with Crippen LogP contribution in [0, 0.1) is 0 Å². The summed E-state index contributed by atoms with van der Waals surface area (Å²) in [7, 11) is 3.69. The molecule has 1 aromatic rings. The second kappa shape index (κ2) is 8.63. The van der Waals surface area contributed by atoms with E-state index in [9.17, 15) is 4.79 Å². The largest absolute Gasteiger partial charge is 0.392 e. The fourth-order valence-corrected chi connectivity index (χ4v) is 1.81. The van der Waals surface area contributed by atoms with Gasteiger partial charge < -0.3 is 21.1 Å². The number of hydrogen-bond acceptors (Lipinski definition) is 4. The van der Waals surface area contributed by atoms with Crippen LogP contribution < -0.4 is 16.0 Å². The molecule has 0 aliphatic rings. The Balaban J connectivity index is 2.50. The van der Waals surface area contributed by atoms with Crippen LogP contribution in [0.2, 0.25) is 0 Å². The van der Waals surface area contributed by atoms with Crippen molar-refractivity contribution in [1.29, 1.82) is 0 Å². The van der Waals surface area contributed by atoms with Crippen LogP contribution in [0.25, 0.3) is 0 Å². The number of benzene rings is 1. The van der Waals surface area contributed by atoms with Crippen molar-refractivity contribution >= 4 is 11.6 Å². The van der Waals surface area contributed by atoms with Crippen molar-refractivity contribution in [3.63, 3.8) is 0 Å². The van der Waals surface area contributed by atoms with Crippen LogP contribution in [-0.4, -0.2) is 37.7 Å². The molecule has 4 N–H and O–H groups in total. The van der Waals surface area contributed by atoms with Crippen LogP contribution in [-0.2, 0) is 11.4 Å². The van der Waals surface area contributed by atoms with Gasteiger partial charge in [0.2, 0.25) is 5.91 Å². The Hall–Kier alpha value is -1.43. The summed E-state index contributed by atoms with van der Waals surface area (Å²) in [6, 6.07) is 7.00. The van der Waals surface area contributed by atoms with E-state index >= 15 is 0 Å². The van der Waals surface area contributed by atoms with E-state index in [1.165, 1.54) is 0 Å². The SMILES string of the molecule is CNCCCC(NC)C(=O)Nc1ccc(CO)cc1. The normalized spacial score (nSPS) is 12.2. The highest BCUT2D eigenvalue weighted by molar-refractivity contribution is 5.94. The molecule has 0 aromatic heterocycles. The molecule has 106 valence electrons. The average molecular weight is 265 g/mol. The first-order valence-corrected chi connectivity index (χ1v) is 6.53. The minimum absolute atomic E-state index is 0.0113. The van der Waals surface area contributed by atoms with Crippen molar-refractivity contribution in [2.75, 3.05) is 26.0 Å². The van der Waals surface area contributed by atoms with E-state index in [0.717, 1.165) is 30.6 Å². The number of aliphatic hydroxyl groups is 1. The molecule has 0 radical (unpaired) electrons. The highest BCUT2D eigenvalue weighted by atomic mass is 16.3. The number of likely N-dealkylation sites (N-methyl/N-ethyl adjacent to an activating group) is 1. The molecule has 1 amide bonds. The Morgan fingerprint density at radius 2 is 1.95 bits per heavy atom. The number of amides is 1. The maximum absolute atomic E-state index is 12.0. The number of rotatable bonds is 8. The number of carbonyl (C=O) groups is 1. The second-order valence-electron chi connectivity index (χ2n) is 4.43. The van der Waals surface area contributed by atoms with Crippen LogP contribution in [0.3, 0.4) is 0 Å². The fourth-order valence-electron chi connectivity index (χ4n) is 1.81. The summed E-state index contributed by atoms with van der Waals surface area (Å²) >= 11 is 0. The quantitative estimate of drug-likeness (QED) is 0.522. The molecule has 1 unspecified atom stereocenters. The molecule has 0 heterocycles. The van der Waals surface area contributed by atoms with E-state index in [-0.39, 0.29) is 18.6 Å². The Kier molecular flexibility index (Phi) is 7.10. The number of nitrogens with one attached hydrogen (secondary N) is 3. The Bertz CT molecular complexity index is 379. The van der Waals surface area contributed by atoms with E-state index in [1.54, 1.807) is 31.3 Å². The number of carbonyl (C=O) groups excluding carboxylic acids is 1. The Morgan fingerprint density at radius 3 is 2.47 bits per heavy atom. The summed E-state index contributed by atoms with van der Waals surface area (Å²) in [5.74, 6) is -0.0321. The van der Waals surface area contributed by atoms with Gasteiger partial charge in [0.05, 0.1) is 12.6 Å². The lowest BCUT2D eigenvalue weighted by Crippen LogP contribution is -2.38. The highest BCUT2D eigenvalue weighted by Crippen LogP contribution is 2.10.